The zero-order valence-corrected chi connectivity index (χ0v) is 16.7. The molecule has 5 rings (SSSR count). The van der Waals surface area contributed by atoms with Crippen LogP contribution in [-0.2, 0) is 17.9 Å². The number of rotatable bonds is 6. The van der Waals surface area contributed by atoms with Crippen molar-refractivity contribution in [2.24, 2.45) is 0 Å². The van der Waals surface area contributed by atoms with E-state index in [0.29, 0.717) is 41.9 Å². The van der Waals surface area contributed by atoms with E-state index in [9.17, 15) is 9.18 Å². The van der Waals surface area contributed by atoms with Crippen LogP contribution < -0.4 is 0 Å². The molecule has 1 aliphatic heterocycles. The standard InChI is InChI=1S/C23H20FN5O2/c24-20-7-2-1-5-16(20)14-31-19-12-28(13-19)23(30)17-9-21-22(26-10-17)29(15-27-21)11-18-6-3-4-8-25-18/h1-10,15,19H,11-14H2. The highest BCUT2D eigenvalue weighted by Gasteiger charge is 2.32. The van der Waals surface area contributed by atoms with E-state index in [1.165, 1.54) is 6.07 Å². The highest BCUT2D eigenvalue weighted by molar-refractivity contribution is 5.96. The minimum Gasteiger partial charge on any atom is -0.370 e. The van der Waals surface area contributed by atoms with Crippen LogP contribution in [0, 0.1) is 5.82 Å². The van der Waals surface area contributed by atoms with Gasteiger partial charge in [-0.2, -0.15) is 0 Å². The van der Waals surface area contributed by atoms with E-state index in [1.54, 1.807) is 47.9 Å². The number of carbonyl (C=O) groups is 1. The molecule has 0 saturated carbocycles. The third-order valence-electron chi connectivity index (χ3n) is 5.33. The van der Waals surface area contributed by atoms with Gasteiger partial charge in [0.1, 0.15) is 11.3 Å². The topological polar surface area (TPSA) is 73.1 Å². The summed E-state index contributed by atoms with van der Waals surface area (Å²) < 4.78 is 21.3. The highest BCUT2D eigenvalue weighted by atomic mass is 19.1. The Balaban J connectivity index is 1.20. The van der Waals surface area contributed by atoms with Crippen molar-refractivity contribution in [2.75, 3.05) is 13.1 Å². The van der Waals surface area contributed by atoms with Crippen molar-refractivity contribution >= 4 is 17.1 Å². The Morgan fingerprint density at radius 2 is 1.94 bits per heavy atom. The Morgan fingerprint density at radius 1 is 1.10 bits per heavy atom. The van der Waals surface area contributed by atoms with Crippen LogP contribution in [0.1, 0.15) is 21.6 Å². The average Bonchev–Trinajstić information content (AvgIpc) is 3.16. The molecular weight excluding hydrogens is 397 g/mol. The van der Waals surface area contributed by atoms with Crippen molar-refractivity contribution in [1.82, 2.24) is 24.4 Å². The lowest BCUT2D eigenvalue weighted by Crippen LogP contribution is -2.54. The summed E-state index contributed by atoms with van der Waals surface area (Å²) in [6.07, 6.45) is 4.93. The molecule has 8 heteroatoms. The van der Waals surface area contributed by atoms with E-state index in [4.69, 9.17) is 4.74 Å². The third kappa shape index (κ3) is 4.02. The Kier molecular flexibility index (Phi) is 5.13. The number of amides is 1. The van der Waals surface area contributed by atoms with Gasteiger partial charge in [0, 0.05) is 31.0 Å². The molecule has 3 aromatic heterocycles. The van der Waals surface area contributed by atoms with Crippen molar-refractivity contribution in [3.05, 3.63) is 89.9 Å². The number of nitrogens with zero attached hydrogens (tertiary/aromatic N) is 5. The molecule has 0 radical (unpaired) electrons. The maximum atomic E-state index is 13.7. The first kappa shape index (κ1) is 19.3. The quantitative estimate of drug-likeness (QED) is 0.482. The molecule has 156 valence electrons. The molecule has 0 bridgehead atoms. The zero-order valence-electron chi connectivity index (χ0n) is 16.7. The van der Waals surface area contributed by atoms with Gasteiger partial charge in [0.15, 0.2) is 5.65 Å². The molecule has 0 unspecified atom stereocenters. The van der Waals surface area contributed by atoms with Crippen LogP contribution >= 0.6 is 0 Å². The molecule has 0 atom stereocenters. The number of benzene rings is 1. The Morgan fingerprint density at radius 3 is 2.74 bits per heavy atom. The number of likely N-dealkylation sites (tertiary alicyclic amines) is 1. The van der Waals surface area contributed by atoms with Crippen LogP contribution in [0.2, 0.25) is 0 Å². The molecule has 1 fully saturated rings. The van der Waals surface area contributed by atoms with Crippen molar-refractivity contribution in [3.8, 4) is 0 Å². The lowest BCUT2D eigenvalue weighted by atomic mass is 10.1. The molecule has 31 heavy (non-hydrogen) atoms. The normalized spacial score (nSPS) is 14.0. The SMILES string of the molecule is O=C(c1cnc2c(c1)ncn2Cc1ccccn1)N1CC(OCc2ccccc2F)C1. The second-order valence-corrected chi connectivity index (χ2v) is 7.49. The predicted molar refractivity (Wildman–Crippen MR) is 112 cm³/mol. The second-order valence-electron chi connectivity index (χ2n) is 7.49. The largest absolute Gasteiger partial charge is 0.370 e. The number of ether oxygens (including phenoxy) is 1. The monoisotopic (exact) mass is 417 g/mol. The zero-order chi connectivity index (χ0) is 21.2. The summed E-state index contributed by atoms with van der Waals surface area (Å²) in [6, 6.07) is 14.0. The number of fused-ring (bicyclic) bond motifs is 1. The smallest absolute Gasteiger partial charge is 0.255 e. The number of halogens is 1. The van der Waals surface area contributed by atoms with Gasteiger partial charge in [-0.25, -0.2) is 14.4 Å². The molecule has 0 spiro atoms. The summed E-state index contributed by atoms with van der Waals surface area (Å²) >= 11 is 0. The molecule has 7 nitrogen and oxygen atoms in total. The predicted octanol–water partition coefficient (Wildman–Crippen LogP) is 3.05. The Bertz CT molecular complexity index is 1220. The summed E-state index contributed by atoms with van der Waals surface area (Å²) in [5.41, 5.74) is 3.28. The molecule has 1 aliphatic rings. The van der Waals surface area contributed by atoms with Gasteiger partial charge in [0.2, 0.25) is 0 Å². The third-order valence-corrected chi connectivity index (χ3v) is 5.33. The van der Waals surface area contributed by atoms with Gasteiger partial charge in [0.05, 0.1) is 36.8 Å². The number of hydrogen-bond donors (Lipinski definition) is 0. The first-order chi connectivity index (χ1) is 15.2. The van der Waals surface area contributed by atoms with E-state index in [2.05, 4.69) is 15.0 Å². The fourth-order valence-electron chi connectivity index (χ4n) is 3.56. The minimum absolute atomic E-state index is 0.0992. The van der Waals surface area contributed by atoms with Crippen LogP contribution in [0.4, 0.5) is 4.39 Å². The van der Waals surface area contributed by atoms with E-state index < -0.39 is 0 Å². The fraction of sp³-hybridized carbons (Fsp3) is 0.217. The molecule has 1 aromatic carbocycles. The van der Waals surface area contributed by atoms with E-state index in [1.807, 2.05) is 22.8 Å². The molecular formula is C23H20FN5O2. The second kappa shape index (κ2) is 8.23. The van der Waals surface area contributed by atoms with E-state index in [-0.39, 0.29) is 24.4 Å². The number of imidazole rings is 1. The lowest BCUT2D eigenvalue weighted by molar-refractivity contribution is -0.0510. The van der Waals surface area contributed by atoms with E-state index in [0.717, 1.165) is 5.69 Å². The first-order valence-corrected chi connectivity index (χ1v) is 10.0. The van der Waals surface area contributed by atoms with Crippen molar-refractivity contribution in [3.63, 3.8) is 0 Å². The summed E-state index contributed by atoms with van der Waals surface area (Å²) in [7, 11) is 0. The summed E-state index contributed by atoms with van der Waals surface area (Å²) in [4.78, 5) is 27.6. The first-order valence-electron chi connectivity index (χ1n) is 10.0. The average molecular weight is 417 g/mol. The molecule has 4 aromatic rings. The van der Waals surface area contributed by atoms with Crippen molar-refractivity contribution in [2.45, 2.75) is 19.3 Å². The van der Waals surface area contributed by atoms with Crippen molar-refractivity contribution in [1.29, 1.82) is 0 Å². The number of aromatic nitrogens is 4. The molecule has 0 aliphatic carbocycles. The van der Waals surface area contributed by atoms with Gasteiger partial charge >= 0.3 is 0 Å². The highest BCUT2D eigenvalue weighted by Crippen LogP contribution is 2.20. The van der Waals surface area contributed by atoms with Crippen LogP contribution in [0.3, 0.4) is 0 Å². The van der Waals surface area contributed by atoms with Gasteiger partial charge in [0.25, 0.3) is 5.91 Å². The number of pyridine rings is 2. The van der Waals surface area contributed by atoms with Gasteiger partial charge < -0.3 is 14.2 Å². The summed E-state index contributed by atoms with van der Waals surface area (Å²) in [6.45, 7) is 1.70. The van der Waals surface area contributed by atoms with Crippen LogP contribution in [0.15, 0.2) is 67.3 Å². The summed E-state index contributed by atoms with van der Waals surface area (Å²) in [5, 5.41) is 0. The van der Waals surface area contributed by atoms with Crippen LogP contribution in [0.5, 0.6) is 0 Å². The van der Waals surface area contributed by atoms with Crippen molar-refractivity contribution < 1.29 is 13.9 Å². The lowest BCUT2D eigenvalue weighted by Gasteiger charge is -2.38. The van der Waals surface area contributed by atoms with E-state index >= 15 is 0 Å². The van der Waals surface area contributed by atoms with Gasteiger partial charge in [-0.15, -0.1) is 0 Å². The van der Waals surface area contributed by atoms with Gasteiger partial charge in [-0.1, -0.05) is 24.3 Å². The molecule has 0 N–H and O–H groups in total. The molecule has 4 heterocycles. The fourth-order valence-corrected chi connectivity index (χ4v) is 3.56. The number of hydrogen-bond acceptors (Lipinski definition) is 5. The molecule has 1 saturated heterocycles. The van der Waals surface area contributed by atoms with Crippen LogP contribution in [-0.4, -0.2) is 49.5 Å². The van der Waals surface area contributed by atoms with Crippen LogP contribution in [0.25, 0.3) is 11.2 Å². The summed E-state index contributed by atoms with van der Waals surface area (Å²) in [5.74, 6) is -0.393. The number of carbonyl (C=O) groups excluding carboxylic acids is 1. The maximum Gasteiger partial charge on any atom is 0.255 e. The maximum absolute atomic E-state index is 13.7. The van der Waals surface area contributed by atoms with Gasteiger partial charge in [-0.05, 0) is 24.3 Å². The van der Waals surface area contributed by atoms with Gasteiger partial charge in [-0.3, -0.25) is 9.78 Å². The minimum atomic E-state index is -0.281. The Hall–Kier alpha value is -3.65. The Labute approximate surface area is 178 Å². The molecule has 1 amide bonds.